The van der Waals surface area contributed by atoms with Crippen LogP contribution in [0.25, 0.3) is 21.9 Å². The zero-order valence-corrected chi connectivity index (χ0v) is 13.8. The summed E-state index contributed by atoms with van der Waals surface area (Å²) >= 11 is 0. The van der Waals surface area contributed by atoms with Crippen LogP contribution in [0, 0.1) is 6.92 Å². The molecular weight excluding hydrogens is 336 g/mol. The minimum atomic E-state index is -0.447. The van der Waals surface area contributed by atoms with Crippen LogP contribution in [0.2, 0.25) is 0 Å². The molecule has 0 saturated heterocycles. The van der Waals surface area contributed by atoms with E-state index >= 15 is 0 Å². The van der Waals surface area contributed by atoms with Crippen LogP contribution in [-0.2, 0) is 11.3 Å². The minimum Gasteiger partial charge on any atom is -0.441 e. The molecule has 2 N–H and O–H groups in total. The van der Waals surface area contributed by atoms with Gasteiger partial charge in [0.25, 0.3) is 11.1 Å². The highest BCUT2D eigenvalue weighted by Crippen LogP contribution is 2.19. The Hall–Kier alpha value is -3.68. The molecular formula is C18H14N4O4. The Balaban J connectivity index is 1.61. The van der Waals surface area contributed by atoms with Crippen molar-refractivity contribution in [3.8, 4) is 0 Å². The number of aryl methyl sites for hydroxylation is 1. The van der Waals surface area contributed by atoms with Crippen molar-refractivity contribution in [1.29, 1.82) is 0 Å². The fourth-order valence-corrected chi connectivity index (χ4v) is 2.82. The van der Waals surface area contributed by atoms with Gasteiger partial charge in [0, 0.05) is 12.6 Å². The van der Waals surface area contributed by atoms with Crippen LogP contribution in [0.15, 0.2) is 56.5 Å². The van der Waals surface area contributed by atoms with Crippen molar-refractivity contribution >= 4 is 33.5 Å². The lowest BCUT2D eigenvalue weighted by Crippen LogP contribution is -2.34. The topological polar surface area (TPSA) is 110 Å². The Labute approximate surface area is 146 Å². The van der Waals surface area contributed by atoms with E-state index < -0.39 is 17.0 Å². The third-order valence-corrected chi connectivity index (χ3v) is 3.96. The second-order valence-electron chi connectivity index (χ2n) is 5.84. The van der Waals surface area contributed by atoms with Crippen molar-refractivity contribution in [2.24, 2.45) is 0 Å². The summed E-state index contributed by atoms with van der Waals surface area (Å²) in [6.45, 7) is 1.43. The lowest BCUT2D eigenvalue weighted by Gasteiger charge is -2.08. The first-order valence-corrected chi connectivity index (χ1v) is 7.90. The van der Waals surface area contributed by atoms with Gasteiger partial charge < -0.3 is 9.73 Å². The average Bonchev–Trinajstić information content (AvgIpc) is 2.99. The number of rotatable bonds is 3. The molecule has 4 rings (SSSR count). The van der Waals surface area contributed by atoms with E-state index in [1.54, 1.807) is 49.4 Å². The fraction of sp³-hybridized carbons (Fsp3) is 0.111. The molecule has 2 aromatic heterocycles. The number of oxazole rings is 1. The third kappa shape index (κ3) is 2.77. The van der Waals surface area contributed by atoms with Crippen molar-refractivity contribution in [1.82, 2.24) is 14.8 Å². The van der Waals surface area contributed by atoms with Crippen molar-refractivity contribution < 1.29 is 9.21 Å². The van der Waals surface area contributed by atoms with E-state index in [2.05, 4.69) is 15.4 Å². The van der Waals surface area contributed by atoms with E-state index in [9.17, 15) is 14.4 Å². The van der Waals surface area contributed by atoms with Gasteiger partial charge in [-0.1, -0.05) is 12.1 Å². The number of anilines is 1. The van der Waals surface area contributed by atoms with E-state index in [0.29, 0.717) is 28.1 Å². The number of nitrogens with one attached hydrogen (secondary N) is 2. The molecule has 0 atom stereocenters. The van der Waals surface area contributed by atoms with Gasteiger partial charge in [-0.2, -0.15) is 0 Å². The quantitative estimate of drug-likeness (QED) is 0.585. The maximum absolute atomic E-state index is 12.4. The van der Waals surface area contributed by atoms with Crippen LogP contribution in [0.4, 0.5) is 5.69 Å². The zero-order chi connectivity index (χ0) is 18.3. The highest BCUT2D eigenvalue weighted by Gasteiger charge is 2.11. The van der Waals surface area contributed by atoms with Crippen LogP contribution in [0.5, 0.6) is 0 Å². The second-order valence-corrected chi connectivity index (χ2v) is 5.84. The molecule has 8 nitrogen and oxygen atoms in total. The van der Waals surface area contributed by atoms with Crippen molar-refractivity contribution in [2.75, 3.05) is 5.32 Å². The second kappa shape index (κ2) is 5.99. The molecule has 0 bridgehead atoms. The first-order chi connectivity index (χ1) is 12.5. The van der Waals surface area contributed by atoms with E-state index in [-0.39, 0.29) is 11.9 Å². The van der Waals surface area contributed by atoms with Gasteiger partial charge in [0.2, 0.25) is 5.91 Å². The number of H-pyrrole nitrogens is 1. The summed E-state index contributed by atoms with van der Waals surface area (Å²) in [5.74, 6) is 0.0846. The third-order valence-electron chi connectivity index (χ3n) is 3.96. The number of benzene rings is 2. The van der Waals surface area contributed by atoms with Crippen LogP contribution in [-0.4, -0.2) is 20.7 Å². The number of carbonyl (C=O) groups excluding carboxylic acids is 1. The van der Waals surface area contributed by atoms with E-state index in [4.69, 9.17) is 4.42 Å². The molecule has 0 spiro atoms. The van der Waals surface area contributed by atoms with Crippen molar-refractivity contribution in [3.05, 3.63) is 69.1 Å². The normalized spacial score (nSPS) is 11.1. The number of nitrogens with zero attached hydrogens (tertiary/aromatic N) is 2. The van der Waals surface area contributed by atoms with Crippen molar-refractivity contribution in [3.63, 3.8) is 0 Å². The highest BCUT2D eigenvalue weighted by atomic mass is 16.3. The molecule has 26 heavy (non-hydrogen) atoms. The number of carbonyl (C=O) groups is 1. The fourth-order valence-electron chi connectivity index (χ4n) is 2.82. The molecule has 1 amide bonds. The number of hydrogen-bond acceptors (Lipinski definition) is 5. The predicted octanol–water partition coefficient (Wildman–Crippen LogP) is 1.78. The summed E-state index contributed by atoms with van der Waals surface area (Å²) in [5.41, 5.74) is 0.907. The Morgan fingerprint density at radius 1 is 1.19 bits per heavy atom. The van der Waals surface area contributed by atoms with Gasteiger partial charge in [-0.25, -0.2) is 9.67 Å². The van der Waals surface area contributed by atoms with Crippen LogP contribution in [0.1, 0.15) is 5.89 Å². The predicted molar refractivity (Wildman–Crippen MR) is 96.2 cm³/mol. The zero-order valence-electron chi connectivity index (χ0n) is 13.8. The van der Waals surface area contributed by atoms with Crippen LogP contribution >= 0.6 is 0 Å². The molecule has 8 heteroatoms. The Morgan fingerprint density at radius 3 is 2.77 bits per heavy atom. The van der Waals surface area contributed by atoms with Crippen LogP contribution in [0.3, 0.4) is 0 Å². The molecule has 2 heterocycles. The monoisotopic (exact) mass is 350 g/mol. The van der Waals surface area contributed by atoms with Gasteiger partial charge in [0.05, 0.1) is 10.8 Å². The largest absolute Gasteiger partial charge is 0.441 e. The number of aromatic amines is 1. The maximum Gasteiger partial charge on any atom is 0.273 e. The molecule has 4 aromatic rings. The first-order valence-electron chi connectivity index (χ1n) is 7.90. The minimum absolute atomic E-state index is 0.267. The van der Waals surface area contributed by atoms with Gasteiger partial charge in [0.1, 0.15) is 12.1 Å². The molecule has 0 aliphatic carbocycles. The molecule has 0 unspecified atom stereocenters. The summed E-state index contributed by atoms with van der Waals surface area (Å²) in [6, 6.07) is 11.5. The first kappa shape index (κ1) is 15.8. The molecule has 0 aliphatic rings. The van der Waals surface area contributed by atoms with Gasteiger partial charge in [0.15, 0.2) is 11.5 Å². The standard InChI is InChI=1S/C18H14N4O4/c1-10-19-14-8-11(6-7-15(14)26-10)20-16(23)9-22-18(25)13-5-3-2-4-12(13)17(24)21-22/h2-8H,9H2,1H3,(H,20,23)(H,21,24). The highest BCUT2D eigenvalue weighted by molar-refractivity contribution is 5.92. The lowest BCUT2D eigenvalue weighted by atomic mass is 10.2. The molecule has 0 aliphatic heterocycles. The Morgan fingerprint density at radius 2 is 1.96 bits per heavy atom. The van der Waals surface area contributed by atoms with E-state index in [1.165, 1.54) is 0 Å². The van der Waals surface area contributed by atoms with E-state index in [1.807, 2.05) is 0 Å². The number of aromatic nitrogens is 3. The summed E-state index contributed by atoms with van der Waals surface area (Å²) in [5, 5.41) is 5.67. The molecule has 0 fully saturated rings. The number of fused-ring (bicyclic) bond motifs is 2. The molecule has 130 valence electrons. The number of amides is 1. The Bertz CT molecular complexity index is 1270. The summed E-state index contributed by atoms with van der Waals surface area (Å²) in [7, 11) is 0. The smallest absolute Gasteiger partial charge is 0.273 e. The average molecular weight is 350 g/mol. The summed E-state index contributed by atoms with van der Waals surface area (Å²) in [6.07, 6.45) is 0. The Kier molecular flexibility index (Phi) is 3.65. The number of hydrogen-bond donors (Lipinski definition) is 2. The van der Waals surface area contributed by atoms with E-state index in [0.717, 1.165) is 4.68 Å². The van der Waals surface area contributed by atoms with Gasteiger partial charge >= 0.3 is 0 Å². The van der Waals surface area contributed by atoms with Gasteiger partial charge in [-0.05, 0) is 30.3 Å². The van der Waals surface area contributed by atoms with Crippen LogP contribution < -0.4 is 16.4 Å². The van der Waals surface area contributed by atoms with Gasteiger partial charge in [-0.15, -0.1) is 0 Å². The lowest BCUT2D eigenvalue weighted by molar-refractivity contribution is -0.117. The van der Waals surface area contributed by atoms with Crippen molar-refractivity contribution in [2.45, 2.75) is 13.5 Å². The summed E-state index contributed by atoms with van der Waals surface area (Å²) < 4.78 is 6.38. The summed E-state index contributed by atoms with van der Waals surface area (Å²) in [4.78, 5) is 41.0. The molecule has 0 saturated carbocycles. The maximum atomic E-state index is 12.4. The SMILES string of the molecule is Cc1nc2cc(NC(=O)Cn3[nH]c(=O)c4ccccc4c3=O)ccc2o1. The van der Waals surface area contributed by atoms with Gasteiger partial charge in [-0.3, -0.25) is 19.5 Å². The molecule has 0 radical (unpaired) electrons. The molecule has 2 aromatic carbocycles.